The molecule has 0 unspecified atom stereocenters. The van der Waals surface area contributed by atoms with Crippen LogP contribution in [-0.2, 0) is 16.0 Å². The van der Waals surface area contributed by atoms with Gasteiger partial charge in [-0.3, -0.25) is 9.69 Å². The molecular weight excluding hydrogens is 511 g/mol. The maximum Gasteiger partial charge on any atom is 0.414 e. The van der Waals surface area contributed by atoms with Crippen LogP contribution in [0.5, 0.6) is 0 Å². The molecule has 2 aromatic carbocycles. The van der Waals surface area contributed by atoms with Gasteiger partial charge in [-0.15, -0.1) is 0 Å². The van der Waals surface area contributed by atoms with Crippen LogP contribution in [0.1, 0.15) is 87.0 Å². The maximum atomic E-state index is 14.2. The SMILES string of the molecule is COC(=O)N1c2ccc3c(nc([C@@H](O)c4cc(F)ccc4C(F)F)n3[C@@H]3CCC[C@@H](C(C)=O)C3)c2CC[C@@H]1C. The molecule has 0 spiro atoms. The number of methoxy groups -OCH3 is 1. The van der Waals surface area contributed by atoms with Crippen LogP contribution in [0.3, 0.4) is 0 Å². The Morgan fingerprint density at radius 3 is 2.59 bits per heavy atom. The lowest BCUT2D eigenvalue weighted by Gasteiger charge is -2.34. The minimum absolute atomic E-state index is 0.0800. The van der Waals surface area contributed by atoms with Gasteiger partial charge in [-0.05, 0) is 75.8 Å². The van der Waals surface area contributed by atoms with Gasteiger partial charge in [0.1, 0.15) is 23.5 Å². The number of carbonyl (C=O) groups is 2. The quantitative estimate of drug-likeness (QED) is 0.401. The van der Waals surface area contributed by atoms with Crippen molar-refractivity contribution in [2.24, 2.45) is 5.92 Å². The fourth-order valence-corrected chi connectivity index (χ4v) is 6.26. The number of aryl methyl sites for hydroxylation is 1. The number of imidazole rings is 1. The molecule has 1 saturated carbocycles. The lowest BCUT2D eigenvalue weighted by Crippen LogP contribution is -2.42. The highest BCUT2D eigenvalue weighted by atomic mass is 19.3. The summed E-state index contributed by atoms with van der Waals surface area (Å²) in [5, 5.41) is 11.5. The second-order valence-electron chi connectivity index (χ2n) is 10.6. The highest BCUT2D eigenvalue weighted by molar-refractivity contribution is 5.95. The van der Waals surface area contributed by atoms with Gasteiger partial charge in [0.15, 0.2) is 0 Å². The van der Waals surface area contributed by atoms with Crippen molar-refractivity contribution in [1.82, 2.24) is 9.55 Å². The highest BCUT2D eigenvalue weighted by Gasteiger charge is 2.35. The Morgan fingerprint density at radius 1 is 1.13 bits per heavy atom. The molecule has 1 amide bonds. The van der Waals surface area contributed by atoms with E-state index in [-0.39, 0.29) is 35.2 Å². The Hall–Kier alpha value is -3.40. The molecule has 10 heteroatoms. The first-order valence-electron chi connectivity index (χ1n) is 13.3. The smallest absolute Gasteiger partial charge is 0.414 e. The third kappa shape index (κ3) is 4.79. The van der Waals surface area contributed by atoms with Gasteiger partial charge in [0.05, 0.1) is 23.8 Å². The number of carbonyl (C=O) groups excluding carboxylic acids is 2. The van der Waals surface area contributed by atoms with Crippen LogP contribution >= 0.6 is 0 Å². The van der Waals surface area contributed by atoms with Crippen LogP contribution in [0.4, 0.5) is 23.7 Å². The number of amides is 1. The number of halogens is 3. The van der Waals surface area contributed by atoms with Crippen molar-refractivity contribution < 1.29 is 32.6 Å². The summed E-state index contributed by atoms with van der Waals surface area (Å²) < 4.78 is 48.9. The number of alkyl halides is 2. The van der Waals surface area contributed by atoms with Crippen molar-refractivity contribution >= 4 is 28.6 Å². The first kappa shape index (κ1) is 27.2. The average Bonchev–Trinajstić information content (AvgIpc) is 3.31. The molecule has 1 aliphatic carbocycles. The fraction of sp³-hybridized carbons (Fsp3) is 0.483. The van der Waals surface area contributed by atoms with Crippen molar-refractivity contribution in [1.29, 1.82) is 0 Å². The molecule has 0 radical (unpaired) electrons. The molecule has 39 heavy (non-hydrogen) atoms. The molecular formula is C29H32F3N3O4. The molecule has 2 heterocycles. The summed E-state index contributed by atoms with van der Waals surface area (Å²) >= 11 is 0. The third-order valence-electron chi connectivity index (χ3n) is 8.26. The third-order valence-corrected chi connectivity index (χ3v) is 8.26. The van der Waals surface area contributed by atoms with E-state index in [2.05, 4.69) is 0 Å². The number of fused-ring (bicyclic) bond motifs is 3. The zero-order valence-corrected chi connectivity index (χ0v) is 22.2. The topological polar surface area (TPSA) is 84.7 Å². The number of hydrogen-bond acceptors (Lipinski definition) is 5. The summed E-state index contributed by atoms with van der Waals surface area (Å²) in [5.41, 5.74) is 1.92. The number of aromatic nitrogens is 2. The number of rotatable bonds is 5. The van der Waals surface area contributed by atoms with Crippen molar-refractivity contribution in [2.75, 3.05) is 12.0 Å². The van der Waals surface area contributed by atoms with Crippen LogP contribution in [-0.4, -0.2) is 39.7 Å². The van der Waals surface area contributed by atoms with Crippen LogP contribution < -0.4 is 4.90 Å². The minimum atomic E-state index is -2.92. The summed E-state index contributed by atoms with van der Waals surface area (Å²) in [4.78, 5) is 31.3. The zero-order valence-electron chi connectivity index (χ0n) is 22.2. The Morgan fingerprint density at radius 2 is 1.90 bits per heavy atom. The van der Waals surface area contributed by atoms with E-state index < -0.39 is 30.0 Å². The predicted octanol–water partition coefficient (Wildman–Crippen LogP) is 6.42. The van der Waals surface area contributed by atoms with E-state index in [9.17, 15) is 27.9 Å². The summed E-state index contributed by atoms with van der Waals surface area (Å²) in [6.45, 7) is 3.49. The number of aliphatic hydroxyl groups excluding tert-OH is 1. The second kappa shape index (κ2) is 10.6. The lowest BCUT2D eigenvalue weighted by molar-refractivity contribution is -0.122. The molecule has 0 saturated heterocycles. The van der Waals surface area contributed by atoms with Gasteiger partial charge in [-0.25, -0.2) is 22.9 Å². The zero-order chi connectivity index (χ0) is 28.0. The molecule has 2 aliphatic rings. The number of anilines is 1. The summed E-state index contributed by atoms with van der Waals surface area (Å²) in [6, 6.07) is 6.14. The Balaban J connectivity index is 1.73. The summed E-state index contributed by atoms with van der Waals surface area (Å²) in [6.07, 6.45) is -1.02. The van der Waals surface area contributed by atoms with Gasteiger partial charge in [0.25, 0.3) is 6.43 Å². The normalized spacial score (nSPS) is 22.2. The van der Waals surface area contributed by atoms with Gasteiger partial charge >= 0.3 is 6.09 Å². The van der Waals surface area contributed by atoms with Crippen LogP contribution in [0, 0.1) is 11.7 Å². The van der Waals surface area contributed by atoms with E-state index in [1.165, 1.54) is 7.11 Å². The Labute approximate surface area is 224 Å². The average molecular weight is 544 g/mol. The number of ether oxygens (including phenoxy) is 1. The summed E-state index contributed by atoms with van der Waals surface area (Å²) in [7, 11) is 1.32. The van der Waals surface area contributed by atoms with E-state index in [1.807, 2.05) is 23.6 Å². The molecule has 4 atom stereocenters. The van der Waals surface area contributed by atoms with Gasteiger partial charge < -0.3 is 14.4 Å². The Kier molecular flexibility index (Phi) is 7.41. The molecule has 1 aromatic heterocycles. The van der Waals surface area contributed by atoms with Gasteiger partial charge in [-0.1, -0.05) is 12.5 Å². The number of hydrogen-bond donors (Lipinski definition) is 1. The van der Waals surface area contributed by atoms with Crippen LogP contribution in [0.2, 0.25) is 0 Å². The number of nitrogens with zero attached hydrogens (tertiary/aromatic N) is 3. The molecule has 1 fully saturated rings. The van der Waals surface area contributed by atoms with Gasteiger partial charge in [-0.2, -0.15) is 0 Å². The van der Waals surface area contributed by atoms with E-state index >= 15 is 0 Å². The minimum Gasteiger partial charge on any atom is -0.452 e. The van der Waals surface area contributed by atoms with E-state index in [0.29, 0.717) is 42.4 Å². The molecule has 208 valence electrons. The van der Waals surface area contributed by atoms with Crippen molar-refractivity contribution in [3.05, 3.63) is 58.7 Å². The fourth-order valence-electron chi connectivity index (χ4n) is 6.26. The van der Waals surface area contributed by atoms with Gasteiger partial charge in [0.2, 0.25) is 0 Å². The van der Waals surface area contributed by atoms with Crippen molar-refractivity contribution in [3.8, 4) is 0 Å². The first-order chi connectivity index (χ1) is 18.6. The highest BCUT2D eigenvalue weighted by Crippen LogP contribution is 2.43. The number of ketones is 1. The van der Waals surface area contributed by atoms with Gasteiger partial charge in [0, 0.05) is 29.1 Å². The number of aliphatic hydroxyl groups is 1. The van der Waals surface area contributed by atoms with E-state index in [1.54, 1.807) is 11.8 Å². The molecule has 5 rings (SSSR count). The standard InChI is InChI=1S/C29H32F3N3O4/c1-15-7-9-21-23(34(15)29(38)39-3)11-12-24-25(21)33-28(35(24)19-6-4-5-17(13-19)16(2)36)26(37)22-14-18(30)8-10-20(22)27(31)32/h8,10-12,14-15,17,19,26-27,37H,4-7,9,13H2,1-3H3/t15-,17+,19+,26-/m0/s1. The second-order valence-corrected chi connectivity index (χ2v) is 10.6. The van der Waals surface area contributed by atoms with E-state index in [4.69, 9.17) is 9.72 Å². The van der Waals surface area contributed by atoms with Crippen molar-refractivity contribution in [2.45, 2.75) is 77.0 Å². The van der Waals surface area contributed by atoms with E-state index in [0.717, 1.165) is 36.6 Å². The molecule has 1 N–H and O–H groups in total. The molecule has 1 aliphatic heterocycles. The van der Waals surface area contributed by atoms with Crippen LogP contribution in [0.25, 0.3) is 11.0 Å². The first-order valence-corrected chi connectivity index (χ1v) is 13.3. The number of benzene rings is 2. The largest absolute Gasteiger partial charge is 0.452 e. The lowest BCUT2D eigenvalue weighted by atomic mass is 9.83. The van der Waals surface area contributed by atoms with Crippen LogP contribution in [0.15, 0.2) is 30.3 Å². The molecule has 7 nitrogen and oxygen atoms in total. The predicted molar refractivity (Wildman–Crippen MR) is 139 cm³/mol. The molecule has 3 aromatic rings. The summed E-state index contributed by atoms with van der Waals surface area (Å²) in [5.74, 6) is -0.712. The number of Topliss-reactive ketones (excluding diaryl/α,β-unsaturated/α-hetero) is 1. The molecule has 0 bridgehead atoms. The maximum absolute atomic E-state index is 14.2. The monoisotopic (exact) mass is 543 g/mol. The Bertz CT molecular complexity index is 1420. The van der Waals surface area contributed by atoms with Crippen molar-refractivity contribution in [3.63, 3.8) is 0 Å².